The standard InChI is InChI=1S/C14H17F3N2OS/c1-3-13(4-2)9-21-12(19-13)18-10-7-5-6-8-11(10)20-14(15,16)17/h5-8H,3-4,9H2,1-2H3,(H,18,19). The molecule has 3 nitrogen and oxygen atoms in total. The van der Waals surface area contributed by atoms with E-state index in [-0.39, 0.29) is 17.0 Å². The van der Waals surface area contributed by atoms with Crippen LogP contribution in [-0.4, -0.2) is 22.8 Å². The molecule has 0 saturated heterocycles. The van der Waals surface area contributed by atoms with Crippen molar-refractivity contribution in [3.8, 4) is 5.75 Å². The predicted molar refractivity (Wildman–Crippen MR) is 80.0 cm³/mol. The van der Waals surface area contributed by atoms with Gasteiger partial charge in [0.1, 0.15) is 0 Å². The van der Waals surface area contributed by atoms with Gasteiger partial charge in [0.25, 0.3) is 0 Å². The van der Waals surface area contributed by atoms with Gasteiger partial charge in [-0.3, -0.25) is 4.99 Å². The highest BCUT2D eigenvalue weighted by molar-refractivity contribution is 8.14. The molecule has 0 atom stereocenters. The molecule has 1 aromatic rings. The first-order valence-corrected chi connectivity index (χ1v) is 7.70. The minimum absolute atomic E-state index is 0.118. The Kier molecular flexibility index (Phi) is 4.70. The Morgan fingerprint density at radius 2 is 1.95 bits per heavy atom. The Hall–Kier alpha value is -1.37. The number of alkyl halides is 3. The van der Waals surface area contributed by atoms with E-state index in [1.54, 1.807) is 12.1 Å². The van der Waals surface area contributed by atoms with Gasteiger partial charge in [-0.15, -0.1) is 13.2 Å². The highest BCUT2D eigenvalue weighted by Gasteiger charge is 2.34. The number of halogens is 3. The zero-order valence-electron chi connectivity index (χ0n) is 11.8. The molecule has 1 heterocycles. The van der Waals surface area contributed by atoms with Crippen molar-refractivity contribution in [3.05, 3.63) is 24.3 Å². The Labute approximate surface area is 126 Å². The summed E-state index contributed by atoms with van der Waals surface area (Å²) in [5.74, 6) is 0.587. The van der Waals surface area contributed by atoms with Crippen molar-refractivity contribution in [2.75, 3.05) is 11.1 Å². The van der Waals surface area contributed by atoms with Crippen LogP contribution < -0.4 is 10.1 Å². The maximum Gasteiger partial charge on any atom is 0.573 e. The molecule has 0 fully saturated rings. The summed E-state index contributed by atoms with van der Waals surface area (Å²) < 4.78 is 41.2. The smallest absolute Gasteiger partial charge is 0.404 e. The summed E-state index contributed by atoms with van der Waals surface area (Å²) in [5, 5.41) is 3.58. The Morgan fingerprint density at radius 1 is 1.29 bits per heavy atom. The number of nitrogens with one attached hydrogen (secondary N) is 1. The molecule has 0 aliphatic carbocycles. The van der Waals surface area contributed by atoms with Crippen molar-refractivity contribution < 1.29 is 17.9 Å². The molecule has 0 spiro atoms. The van der Waals surface area contributed by atoms with E-state index in [1.165, 1.54) is 23.9 Å². The van der Waals surface area contributed by atoms with E-state index in [4.69, 9.17) is 0 Å². The SMILES string of the molecule is CCC1(CC)CSC(Nc2ccccc2OC(F)(F)F)=N1. The number of nitrogens with zero attached hydrogens (tertiary/aromatic N) is 1. The van der Waals surface area contributed by atoms with E-state index in [0.29, 0.717) is 5.17 Å². The first kappa shape index (κ1) is 16.0. The Bertz CT molecular complexity index is 527. The highest BCUT2D eigenvalue weighted by atomic mass is 32.2. The van der Waals surface area contributed by atoms with Crippen molar-refractivity contribution in [2.24, 2.45) is 4.99 Å². The van der Waals surface area contributed by atoms with Crippen molar-refractivity contribution in [2.45, 2.75) is 38.6 Å². The number of hydrogen-bond acceptors (Lipinski definition) is 4. The summed E-state index contributed by atoms with van der Waals surface area (Å²) in [7, 11) is 0. The van der Waals surface area contributed by atoms with E-state index in [0.717, 1.165) is 18.6 Å². The van der Waals surface area contributed by atoms with E-state index in [1.807, 2.05) is 0 Å². The van der Waals surface area contributed by atoms with Crippen LogP contribution in [0.2, 0.25) is 0 Å². The van der Waals surface area contributed by atoms with Crippen molar-refractivity contribution in [1.82, 2.24) is 0 Å². The molecule has 0 bridgehead atoms. The number of anilines is 1. The van der Waals surface area contributed by atoms with Crippen molar-refractivity contribution >= 4 is 22.6 Å². The van der Waals surface area contributed by atoms with Crippen LogP contribution in [0.1, 0.15) is 26.7 Å². The quantitative estimate of drug-likeness (QED) is 0.876. The van der Waals surface area contributed by atoms with Gasteiger partial charge < -0.3 is 10.1 Å². The number of benzene rings is 1. The molecule has 116 valence electrons. The second kappa shape index (κ2) is 6.17. The molecule has 1 aliphatic heterocycles. The van der Waals surface area contributed by atoms with Crippen LogP contribution in [-0.2, 0) is 0 Å². The lowest BCUT2D eigenvalue weighted by molar-refractivity contribution is -0.274. The van der Waals surface area contributed by atoms with Crippen LogP contribution >= 0.6 is 11.8 Å². The van der Waals surface area contributed by atoms with Crippen LogP contribution in [0.5, 0.6) is 5.75 Å². The number of para-hydroxylation sites is 2. The molecule has 0 aromatic heterocycles. The molecular formula is C14H17F3N2OS. The van der Waals surface area contributed by atoms with Crippen molar-refractivity contribution in [1.29, 1.82) is 0 Å². The number of amidine groups is 1. The molecular weight excluding hydrogens is 301 g/mol. The molecule has 1 aromatic carbocycles. The van der Waals surface area contributed by atoms with Gasteiger partial charge in [-0.25, -0.2) is 0 Å². The third-order valence-corrected chi connectivity index (χ3v) is 4.64. The number of ether oxygens (including phenoxy) is 1. The molecule has 0 unspecified atom stereocenters. The fraction of sp³-hybridized carbons (Fsp3) is 0.500. The van der Waals surface area contributed by atoms with Gasteiger partial charge in [0, 0.05) is 5.75 Å². The molecule has 2 rings (SSSR count). The first-order valence-electron chi connectivity index (χ1n) is 6.72. The van der Waals surface area contributed by atoms with Gasteiger partial charge in [0.2, 0.25) is 0 Å². The third kappa shape index (κ3) is 4.06. The average Bonchev–Trinajstić information content (AvgIpc) is 2.83. The lowest BCUT2D eigenvalue weighted by Gasteiger charge is -2.20. The molecule has 7 heteroatoms. The van der Waals surface area contributed by atoms with Crippen LogP contribution in [0.3, 0.4) is 0 Å². The van der Waals surface area contributed by atoms with Crippen LogP contribution in [0.4, 0.5) is 18.9 Å². The monoisotopic (exact) mass is 318 g/mol. The first-order chi connectivity index (χ1) is 9.87. The fourth-order valence-corrected chi connectivity index (χ4v) is 3.38. The van der Waals surface area contributed by atoms with Gasteiger partial charge in [0.05, 0.1) is 11.2 Å². The second-order valence-corrected chi connectivity index (χ2v) is 5.77. The lowest BCUT2D eigenvalue weighted by Crippen LogP contribution is -2.24. The zero-order valence-corrected chi connectivity index (χ0v) is 12.6. The van der Waals surface area contributed by atoms with E-state index in [2.05, 4.69) is 28.9 Å². The fourth-order valence-electron chi connectivity index (χ4n) is 2.06. The minimum atomic E-state index is -4.71. The second-order valence-electron chi connectivity index (χ2n) is 4.81. The van der Waals surface area contributed by atoms with Gasteiger partial charge in [-0.2, -0.15) is 0 Å². The zero-order chi connectivity index (χ0) is 15.5. The maximum absolute atomic E-state index is 12.4. The molecule has 0 radical (unpaired) electrons. The highest BCUT2D eigenvalue weighted by Crippen LogP contribution is 2.36. The van der Waals surface area contributed by atoms with E-state index in [9.17, 15) is 13.2 Å². The normalized spacial score (nSPS) is 17.5. The average molecular weight is 318 g/mol. The Morgan fingerprint density at radius 3 is 2.52 bits per heavy atom. The Balaban J connectivity index is 2.18. The maximum atomic E-state index is 12.4. The largest absolute Gasteiger partial charge is 0.573 e. The van der Waals surface area contributed by atoms with Gasteiger partial charge in [-0.1, -0.05) is 37.7 Å². The van der Waals surface area contributed by atoms with E-state index < -0.39 is 6.36 Å². The number of thioether (sulfide) groups is 1. The summed E-state index contributed by atoms with van der Waals surface area (Å²) in [5.41, 5.74) is 0.149. The predicted octanol–water partition coefficient (Wildman–Crippen LogP) is 4.66. The molecule has 21 heavy (non-hydrogen) atoms. The summed E-state index contributed by atoms with van der Waals surface area (Å²) in [4.78, 5) is 4.62. The van der Waals surface area contributed by atoms with Gasteiger partial charge in [-0.05, 0) is 25.0 Å². The molecule has 0 saturated carbocycles. The lowest BCUT2D eigenvalue weighted by atomic mass is 9.97. The number of aliphatic imine (C=N–C) groups is 1. The summed E-state index contributed by atoms with van der Waals surface area (Å²) in [6, 6.07) is 5.97. The van der Waals surface area contributed by atoms with Crippen LogP contribution in [0.15, 0.2) is 29.3 Å². The van der Waals surface area contributed by atoms with E-state index >= 15 is 0 Å². The summed E-state index contributed by atoms with van der Waals surface area (Å²) in [6.45, 7) is 4.13. The minimum Gasteiger partial charge on any atom is -0.404 e. The summed E-state index contributed by atoms with van der Waals surface area (Å²) >= 11 is 1.52. The third-order valence-electron chi connectivity index (χ3n) is 3.49. The number of rotatable bonds is 4. The molecule has 1 N–H and O–H groups in total. The molecule has 1 aliphatic rings. The summed E-state index contributed by atoms with van der Waals surface area (Å²) in [6.07, 6.45) is -2.90. The van der Waals surface area contributed by atoms with Crippen LogP contribution in [0, 0.1) is 0 Å². The number of hydrogen-bond donors (Lipinski definition) is 1. The van der Waals surface area contributed by atoms with Crippen LogP contribution in [0.25, 0.3) is 0 Å². The van der Waals surface area contributed by atoms with Gasteiger partial charge in [0.15, 0.2) is 10.9 Å². The topological polar surface area (TPSA) is 33.6 Å². The van der Waals surface area contributed by atoms with Gasteiger partial charge >= 0.3 is 6.36 Å². The molecule has 0 amide bonds. The van der Waals surface area contributed by atoms with Crippen molar-refractivity contribution in [3.63, 3.8) is 0 Å².